The first kappa shape index (κ1) is 12.3. The molecule has 0 amide bonds. The lowest BCUT2D eigenvalue weighted by atomic mass is 10.2. The fourth-order valence-electron chi connectivity index (χ4n) is 1.79. The molecule has 0 saturated heterocycles. The van der Waals surface area contributed by atoms with E-state index < -0.39 is 0 Å². The molecule has 1 aromatic heterocycles. The monoisotopic (exact) mass is 289 g/mol. The molecule has 0 saturated carbocycles. The van der Waals surface area contributed by atoms with E-state index >= 15 is 0 Å². The first-order valence-corrected chi connectivity index (χ1v) is 6.47. The highest BCUT2D eigenvalue weighted by Gasteiger charge is 2.04. The van der Waals surface area contributed by atoms with E-state index in [1.54, 1.807) is 30.4 Å². The van der Waals surface area contributed by atoms with Gasteiger partial charge in [-0.05, 0) is 30.3 Å². The van der Waals surface area contributed by atoms with E-state index in [0.717, 1.165) is 16.7 Å². The van der Waals surface area contributed by atoms with Crippen LogP contribution in [0.1, 0.15) is 11.5 Å². The van der Waals surface area contributed by atoms with Crippen molar-refractivity contribution in [1.29, 1.82) is 0 Å². The number of nitrogens with zero attached hydrogens (tertiary/aromatic N) is 1. The highest BCUT2D eigenvalue weighted by Crippen LogP contribution is 2.26. The standard InChI is InChI=1S/C15H9Cl2NO/c16-11-4-3-5-12(17)10(11)8-9-15-18-13-6-1-2-7-14(13)19-15/h1-9H/b9-8+. The Balaban J connectivity index is 1.98. The number of oxazole rings is 1. The van der Waals surface area contributed by atoms with Crippen molar-refractivity contribution in [3.8, 4) is 0 Å². The summed E-state index contributed by atoms with van der Waals surface area (Å²) in [5.41, 5.74) is 2.34. The summed E-state index contributed by atoms with van der Waals surface area (Å²) >= 11 is 12.2. The Morgan fingerprint density at radius 2 is 1.63 bits per heavy atom. The van der Waals surface area contributed by atoms with Crippen LogP contribution < -0.4 is 0 Å². The zero-order chi connectivity index (χ0) is 13.2. The molecule has 0 aliphatic rings. The van der Waals surface area contributed by atoms with Crippen LogP contribution in [-0.2, 0) is 0 Å². The van der Waals surface area contributed by atoms with Gasteiger partial charge in [-0.25, -0.2) is 4.98 Å². The van der Waals surface area contributed by atoms with Gasteiger partial charge in [0.2, 0.25) is 5.89 Å². The maximum atomic E-state index is 6.09. The van der Waals surface area contributed by atoms with Gasteiger partial charge in [-0.15, -0.1) is 0 Å². The molecule has 2 nitrogen and oxygen atoms in total. The molecule has 0 aliphatic carbocycles. The maximum absolute atomic E-state index is 6.09. The van der Waals surface area contributed by atoms with E-state index in [2.05, 4.69) is 4.98 Å². The second kappa shape index (κ2) is 5.08. The van der Waals surface area contributed by atoms with Crippen LogP contribution in [0.4, 0.5) is 0 Å². The molecule has 0 spiro atoms. The van der Waals surface area contributed by atoms with Crippen LogP contribution in [-0.4, -0.2) is 4.98 Å². The van der Waals surface area contributed by atoms with E-state index in [4.69, 9.17) is 27.6 Å². The molecule has 0 N–H and O–H groups in total. The zero-order valence-electron chi connectivity index (χ0n) is 9.81. The van der Waals surface area contributed by atoms with E-state index in [1.165, 1.54) is 0 Å². The largest absolute Gasteiger partial charge is 0.437 e. The number of rotatable bonds is 2. The highest BCUT2D eigenvalue weighted by atomic mass is 35.5. The van der Waals surface area contributed by atoms with Gasteiger partial charge in [0, 0.05) is 21.7 Å². The van der Waals surface area contributed by atoms with Gasteiger partial charge < -0.3 is 4.42 Å². The van der Waals surface area contributed by atoms with Gasteiger partial charge in [-0.2, -0.15) is 0 Å². The lowest BCUT2D eigenvalue weighted by molar-refractivity contribution is 0.590. The summed E-state index contributed by atoms with van der Waals surface area (Å²) < 4.78 is 5.59. The number of benzene rings is 2. The van der Waals surface area contributed by atoms with Gasteiger partial charge in [0.1, 0.15) is 5.52 Å². The first-order chi connectivity index (χ1) is 9.24. The third kappa shape index (κ3) is 2.50. The van der Waals surface area contributed by atoms with Crippen molar-refractivity contribution in [2.45, 2.75) is 0 Å². The average Bonchev–Trinajstić information content (AvgIpc) is 2.81. The summed E-state index contributed by atoms with van der Waals surface area (Å²) in [6, 6.07) is 13.0. The van der Waals surface area contributed by atoms with Crippen molar-refractivity contribution >= 4 is 46.5 Å². The molecule has 94 valence electrons. The molecular formula is C15H9Cl2NO. The SMILES string of the molecule is Clc1cccc(Cl)c1/C=C/c1nc2ccccc2o1. The lowest BCUT2D eigenvalue weighted by Crippen LogP contribution is -1.77. The zero-order valence-corrected chi connectivity index (χ0v) is 11.3. The lowest BCUT2D eigenvalue weighted by Gasteiger charge is -1.99. The number of fused-ring (bicyclic) bond motifs is 1. The molecule has 0 fully saturated rings. The van der Waals surface area contributed by atoms with Crippen LogP contribution in [0, 0.1) is 0 Å². The van der Waals surface area contributed by atoms with Crippen molar-refractivity contribution in [3.63, 3.8) is 0 Å². The Morgan fingerprint density at radius 1 is 0.895 bits per heavy atom. The van der Waals surface area contributed by atoms with Gasteiger partial charge in [0.05, 0.1) is 0 Å². The Labute approximate surface area is 120 Å². The summed E-state index contributed by atoms with van der Waals surface area (Å²) in [5, 5.41) is 1.19. The third-order valence-electron chi connectivity index (χ3n) is 2.70. The van der Waals surface area contributed by atoms with E-state index in [9.17, 15) is 0 Å². The number of halogens is 2. The van der Waals surface area contributed by atoms with Crippen LogP contribution in [0.5, 0.6) is 0 Å². The Bertz CT molecular complexity index is 708. The van der Waals surface area contributed by atoms with Crippen LogP contribution in [0.3, 0.4) is 0 Å². The molecule has 2 aromatic carbocycles. The van der Waals surface area contributed by atoms with Gasteiger partial charge in [-0.3, -0.25) is 0 Å². The summed E-state index contributed by atoms with van der Waals surface area (Å²) in [6.07, 6.45) is 3.56. The number of para-hydroxylation sites is 2. The molecule has 0 radical (unpaired) electrons. The fraction of sp³-hybridized carbons (Fsp3) is 0. The van der Waals surface area contributed by atoms with Crippen LogP contribution in [0.2, 0.25) is 10.0 Å². The van der Waals surface area contributed by atoms with Gasteiger partial charge in [0.25, 0.3) is 0 Å². The Kier molecular flexibility index (Phi) is 3.28. The van der Waals surface area contributed by atoms with Crippen LogP contribution in [0.25, 0.3) is 23.3 Å². The summed E-state index contributed by atoms with van der Waals surface area (Å²) in [6.45, 7) is 0. The minimum atomic E-state index is 0.525. The fourth-order valence-corrected chi connectivity index (χ4v) is 2.31. The topological polar surface area (TPSA) is 26.0 Å². The van der Waals surface area contributed by atoms with E-state index in [-0.39, 0.29) is 0 Å². The van der Waals surface area contributed by atoms with E-state index in [0.29, 0.717) is 15.9 Å². The average molecular weight is 290 g/mol. The van der Waals surface area contributed by atoms with Crippen LogP contribution in [0.15, 0.2) is 46.9 Å². The summed E-state index contributed by atoms with van der Waals surface area (Å²) in [4.78, 5) is 4.35. The molecule has 1 heterocycles. The minimum absolute atomic E-state index is 0.525. The predicted molar refractivity (Wildman–Crippen MR) is 79.4 cm³/mol. The molecule has 3 aromatic rings. The molecule has 0 atom stereocenters. The number of hydrogen-bond donors (Lipinski definition) is 0. The van der Waals surface area contributed by atoms with Crippen molar-refractivity contribution in [2.75, 3.05) is 0 Å². The van der Waals surface area contributed by atoms with Crippen molar-refractivity contribution in [2.24, 2.45) is 0 Å². The van der Waals surface area contributed by atoms with Crippen molar-refractivity contribution in [3.05, 3.63) is 64.0 Å². The first-order valence-electron chi connectivity index (χ1n) is 5.72. The van der Waals surface area contributed by atoms with Gasteiger partial charge in [0.15, 0.2) is 5.58 Å². The van der Waals surface area contributed by atoms with Crippen molar-refractivity contribution in [1.82, 2.24) is 4.98 Å². The number of hydrogen-bond acceptors (Lipinski definition) is 2. The van der Waals surface area contributed by atoms with Crippen molar-refractivity contribution < 1.29 is 4.42 Å². The minimum Gasteiger partial charge on any atom is -0.437 e. The molecule has 0 unspecified atom stereocenters. The molecule has 3 rings (SSSR count). The Hall–Kier alpha value is -1.77. The van der Waals surface area contributed by atoms with Gasteiger partial charge in [-0.1, -0.05) is 41.4 Å². The quantitative estimate of drug-likeness (QED) is 0.639. The molecule has 0 bridgehead atoms. The molecule has 0 aliphatic heterocycles. The molecule has 4 heteroatoms. The Morgan fingerprint density at radius 3 is 2.37 bits per heavy atom. The summed E-state index contributed by atoms with van der Waals surface area (Å²) in [5.74, 6) is 0.525. The van der Waals surface area contributed by atoms with E-state index in [1.807, 2.05) is 24.3 Å². The molecular weight excluding hydrogens is 281 g/mol. The summed E-state index contributed by atoms with van der Waals surface area (Å²) in [7, 11) is 0. The molecule has 19 heavy (non-hydrogen) atoms. The smallest absolute Gasteiger partial charge is 0.220 e. The maximum Gasteiger partial charge on any atom is 0.220 e. The second-order valence-corrected chi connectivity index (χ2v) is 4.80. The predicted octanol–water partition coefficient (Wildman–Crippen LogP) is 5.31. The second-order valence-electron chi connectivity index (χ2n) is 3.99. The van der Waals surface area contributed by atoms with Gasteiger partial charge >= 0.3 is 0 Å². The highest BCUT2D eigenvalue weighted by molar-refractivity contribution is 6.37. The normalized spacial score (nSPS) is 11.5. The van der Waals surface area contributed by atoms with Crippen LogP contribution >= 0.6 is 23.2 Å². The number of aromatic nitrogens is 1. The third-order valence-corrected chi connectivity index (χ3v) is 3.36.